The highest BCUT2D eigenvalue weighted by molar-refractivity contribution is 6.37. The molecule has 0 N–H and O–H groups in total. The summed E-state index contributed by atoms with van der Waals surface area (Å²) in [5, 5.41) is 0. The van der Waals surface area contributed by atoms with Gasteiger partial charge in [0.15, 0.2) is 0 Å². The van der Waals surface area contributed by atoms with E-state index in [0.29, 0.717) is 17.0 Å². The minimum absolute atomic E-state index is 0.212. The number of rotatable bonds is 3. The molecule has 1 aliphatic carbocycles. The maximum absolute atomic E-state index is 13.9. The zero-order valence-electron chi connectivity index (χ0n) is 19.1. The van der Waals surface area contributed by atoms with Crippen LogP contribution >= 0.6 is 0 Å². The molecular weight excluding hydrogens is 446 g/mol. The van der Waals surface area contributed by atoms with Crippen molar-refractivity contribution in [2.45, 2.75) is 18.6 Å². The van der Waals surface area contributed by atoms with E-state index in [9.17, 15) is 19.2 Å². The van der Waals surface area contributed by atoms with Gasteiger partial charge in [0.2, 0.25) is 29.0 Å². The Kier molecular flexibility index (Phi) is 4.56. The normalized spacial score (nSPS) is 24.3. The van der Waals surface area contributed by atoms with Gasteiger partial charge in [0.1, 0.15) is 5.75 Å². The van der Waals surface area contributed by atoms with Gasteiger partial charge in [0.05, 0.1) is 30.7 Å². The maximum atomic E-state index is 13.9. The molecule has 0 aromatic heterocycles. The van der Waals surface area contributed by atoms with Crippen LogP contribution in [0.4, 0.5) is 5.69 Å². The maximum Gasteiger partial charge on any atom is 0.241 e. The van der Waals surface area contributed by atoms with E-state index >= 15 is 0 Å². The van der Waals surface area contributed by atoms with Gasteiger partial charge in [-0.3, -0.25) is 19.2 Å². The largest absolute Gasteiger partial charge is 0.497 e. The van der Waals surface area contributed by atoms with Crippen molar-refractivity contribution in [2.24, 2.45) is 11.8 Å². The van der Waals surface area contributed by atoms with Crippen molar-refractivity contribution in [1.82, 2.24) is 0 Å². The smallest absolute Gasteiger partial charge is 0.241 e. The van der Waals surface area contributed by atoms with Gasteiger partial charge in [-0.2, -0.15) is 0 Å². The van der Waals surface area contributed by atoms with Crippen LogP contribution in [0, 0.1) is 18.8 Å². The number of imide groups is 1. The third-order valence-electron chi connectivity index (χ3n) is 7.26. The first-order valence-corrected chi connectivity index (χ1v) is 11.3. The number of carbonyl (C=O) groups is 4. The fraction of sp³-hybridized carbons (Fsp3) is 0.214. The Labute approximate surface area is 201 Å². The lowest BCUT2D eigenvalue weighted by Crippen LogP contribution is -2.51. The molecule has 3 aliphatic rings. The van der Waals surface area contributed by atoms with Gasteiger partial charge in [0.25, 0.3) is 0 Å². The lowest BCUT2D eigenvalue weighted by Gasteiger charge is -2.27. The van der Waals surface area contributed by atoms with E-state index in [-0.39, 0.29) is 11.1 Å². The van der Waals surface area contributed by atoms with Crippen molar-refractivity contribution in [2.75, 3.05) is 12.0 Å². The van der Waals surface area contributed by atoms with Gasteiger partial charge in [0, 0.05) is 11.1 Å². The molecule has 2 aliphatic heterocycles. The van der Waals surface area contributed by atoms with E-state index in [1.54, 1.807) is 60.7 Å². The predicted octanol–water partition coefficient (Wildman–Crippen LogP) is 3.70. The second-order valence-corrected chi connectivity index (χ2v) is 9.10. The second kappa shape index (κ2) is 7.45. The zero-order valence-corrected chi connectivity index (χ0v) is 19.1. The highest BCUT2D eigenvalue weighted by Gasteiger charge is 2.74. The summed E-state index contributed by atoms with van der Waals surface area (Å²) in [6.07, 6.45) is -0.928. The summed E-state index contributed by atoms with van der Waals surface area (Å²) in [6.45, 7) is 1.93. The van der Waals surface area contributed by atoms with E-state index in [1.807, 2.05) is 19.1 Å². The number of methoxy groups -OCH3 is 1. The Morgan fingerprint density at radius 2 is 1.40 bits per heavy atom. The summed E-state index contributed by atoms with van der Waals surface area (Å²) in [6, 6.07) is 20.3. The summed E-state index contributed by atoms with van der Waals surface area (Å²) in [5.41, 5.74) is 0.345. The Balaban J connectivity index is 1.52. The molecule has 3 aromatic rings. The third-order valence-corrected chi connectivity index (χ3v) is 7.26. The number of benzene rings is 3. The molecule has 2 saturated heterocycles. The monoisotopic (exact) mass is 467 g/mol. The molecule has 35 heavy (non-hydrogen) atoms. The van der Waals surface area contributed by atoms with E-state index in [4.69, 9.17) is 9.47 Å². The standard InChI is InChI=1S/C28H21NO6/c1-15-7-9-16(10-8-15)23-21-22(27(33)29(26(21)32)17-11-13-18(34-2)14-12-17)28(35-23)24(30)19-5-3-4-6-20(19)25(28)31/h3-14,21-23H,1-2H3/t21-,22-,23-/m1/s1. The summed E-state index contributed by atoms with van der Waals surface area (Å²) in [7, 11) is 1.52. The second-order valence-electron chi connectivity index (χ2n) is 9.10. The number of fused-ring (bicyclic) bond motifs is 3. The van der Waals surface area contributed by atoms with Crippen LogP contribution in [0.3, 0.4) is 0 Å². The molecule has 3 atom stereocenters. The molecule has 174 valence electrons. The summed E-state index contributed by atoms with van der Waals surface area (Å²) in [5.74, 6) is -3.97. The molecule has 0 unspecified atom stereocenters. The average molecular weight is 467 g/mol. The summed E-state index contributed by atoms with van der Waals surface area (Å²) in [4.78, 5) is 56.2. The van der Waals surface area contributed by atoms with Crippen molar-refractivity contribution >= 4 is 29.1 Å². The fourth-order valence-electron chi connectivity index (χ4n) is 5.56. The fourth-order valence-corrected chi connectivity index (χ4v) is 5.56. The SMILES string of the molecule is COc1ccc(N2C(=O)[C@H]3[C@@H](c4ccc(C)cc4)OC4(C(=O)c5ccccc5C4=O)[C@H]3C2=O)cc1. The van der Waals surface area contributed by atoms with Gasteiger partial charge < -0.3 is 9.47 Å². The molecule has 0 radical (unpaired) electrons. The number of ether oxygens (including phenoxy) is 2. The number of hydrogen-bond acceptors (Lipinski definition) is 6. The van der Waals surface area contributed by atoms with E-state index in [0.717, 1.165) is 10.5 Å². The zero-order chi connectivity index (χ0) is 24.5. The quantitative estimate of drug-likeness (QED) is 0.431. The number of aryl methyl sites for hydroxylation is 1. The number of ketones is 2. The molecule has 2 fully saturated rings. The number of nitrogens with zero attached hydrogens (tertiary/aromatic N) is 1. The van der Waals surface area contributed by atoms with Crippen LogP contribution in [0.25, 0.3) is 0 Å². The number of amides is 2. The van der Waals surface area contributed by atoms with Gasteiger partial charge in [-0.25, -0.2) is 4.90 Å². The van der Waals surface area contributed by atoms with Gasteiger partial charge in [-0.1, -0.05) is 54.1 Å². The first-order valence-electron chi connectivity index (χ1n) is 11.3. The topological polar surface area (TPSA) is 90.0 Å². The van der Waals surface area contributed by atoms with Crippen molar-refractivity contribution < 1.29 is 28.7 Å². The van der Waals surface area contributed by atoms with Crippen molar-refractivity contribution in [3.63, 3.8) is 0 Å². The van der Waals surface area contributed by atoms with Crippen LogP contribution in [0.15, 0.2) is 72.8 Å². The predicted molar refractivity (Wildman–Crippen MR) is 125 cm³/mol. The van der Waals surface area contributed by atoms with Crippen LogP contribution in [0.2, 0.25) is 0 Å². The van der Waals surface area contributed by atoms with Crippen molar-refractivity contribution in [3.8, 4) is 5.75 Å². The van der Waals surface area contributed by atoms with Crippen molar-refractivity contribution in [3.05, 3.63) is 95.1 Å². The molecule has 1 spiro atoms. The number of carbonyl (C=O) groups excluding carboxylic acids is 4. The Morgan fingerprint density at radius 1 is 0.800 bits per heavy atom. The van der Waals surface area contributed by atoms with E-state index < -0.39 is 46.9 Å². The summed E-state index contributed by atoms with van der Waals surface area (Å²) >= 11 is 0. The minimum Gasteiger partial charge on any atom is -0.497 e. The summed E-state index contributed by atoms with van der Waals surface area (Å²) < 4.78 is 11.5. The Bertz CT molecular complexity index is 1370. The van der Waals surface area contributed by atoms with Crippen LogP contribution in [-0.2, 0) is 14.3 Å². The van der Waals surface area contributed by atoms with Gasteiger partial charge >= 0.3 is 0 Å². The van der Waals surface area contributed by atoms with Crippen LogP contribution in [0.5, 0.6) is 5.75 Å². The molecule has 3 aromatic carbocycles. The van der Waals surface area contributed by atoms with E-state index in [1.165, 1.54) is 7.11 Å². The number of hydrogen-bond donors (Lipinski definition) is 0. The molecule has 0 bridgehead atoms. The molecule has 2 amide bonds. The van der Waals surface area contributed by atoms with Crippen molar-refractivity contribution in [1.29, 1.82) is 0 Å². The minimum atomic E-state index is -2.07. The highest BCUT2D eigenvalue weighted by Crippen LogP contribution is 2.57. The van der Waals surface area contributed by atoms with E-state index in [2.05, 4.69) is 0 Å². The highest BCUT2D eigenvalue weighted by atomic mass is 16.5. The Hall–Kier alpha value is -4.10. The molecular formula is C28H21NO6. The van der Waals surface area contributed by atoms with Gasteiger partial charge in [-0.05, 0) is 36.8 Å². The first kappa shape index (κ1) is 21.4. The lowest BCUT2D eigenvalue weighted by molar-refractivity contribution is -0.127. The number of anilines is 1. The molecule has 6 rings (SSSR count). The molecule has 7 nitrogen and oxygen atoms in total. The van der Waals surface area contributed by atoms with Crippen LogP contribution in [-0.4, -0.2) is 36.1 Å². The van der Waals surface area contributed by atoms with Gasteiger partial charge in [-0.15, -0.1) is 0 Å². The molecule has 7 heteroatoms. The molecule has 2 heterocycles. The van der Waals surface area contributed by atoms with Crippen LogP contribution in [0.1, 0.15) is 37.9 Å². The lowest BCUT2D eigenvalue weighted by atomic mass is 9.77. The number of Topliss-reactive ketones (excluding diaryl/α,β-unsaturated/α-hetero) is 2. The Morgan fingerprint density at radius 3 is 1.97 bits per heavy atom. The third kappa shape index (κ3) is 2.76. The first-order chi connectivity index (χ1) is 16.9. The van der Waals surface area contributed by atoms with Crippen LogP contribution < -0.4 is 9.64 Å². The average Bonchev–Trinajstić information content (AvgIpc) is 3.44. The molecule has 0 saturated carbocycles.